The molecule has 31 N–H and O–H groups in total. The highest BCUT2D eigenvalue weighted by Gasteiger charge is 2.44. The standard InChI is InChI=1S/C88H130N24O22S2/c1-47(98-78(124)64(41-53-42-95-46-97-53)104-73(119)57(91)37-50-17-23-54(114)24-18-50)72(118)109-67(44-135)83(129)108-66(43-113)81(127)99-48(2)85(131)111-35-9-15-69(111)84(130)103-61(31-33-90)77(123)101-59(14-8-34-96-88(93)94)74(120)105-63(39-52-21-27-56(116)28-22-52)80(126)110-68(45-136)82(128)106-62(38-51-19-25-55(115)26-20-51)79(125)102-60(29-30-71(92)117)76(122)100-58(13-6-7-32-89)75(121)107-65(40-49-11-4-3-5-12-49)86(132)112-36-10-16-70(112)87(133)134/h17-28,42,46-49,57-70,113-116,135-136H,3-16,29-41,43-45,89-91H2,1-2H3,(H2,92,117)(H,95,97)(H,98,124)(H,99,127)(H,100,122)(H,101,123)(H,102,125)(H,103,130)(H,104,119)(H,105,120)(H,106,128)(H,107,121)(H,108,129)(H,109,118)(H,110,126)(H,133,134)(H4,93,94,96)/t47-,48-,57-,58-,59-,60-,61-,62-,63-,64-,65-,66-,67-,68-,69-,70-/m0/s1. The number of aromatic amines is 1. The molecule has 746 valence electrons. The Hall–Kier alpha value is -12.9. The Morgan fingerprint density at radius 2 is 0.860 bits per heavy atom. The fourth-order valence-corrected chi connectivity index (χ4v) is 16.4. The van der Waals surface area contributed by atoms with E-state index in [9.17, 15) is 107 Å². The number of aliphatic carboxylic acids is 1. The number of aliphatic hydroxyl groups is 1. The number of primary amides is 1. The molecule has 0 spiro atoms. The summed E-state index contributed by atoms with van der Waals surface area (Å²) in [6.45, 7) is 1.52. The third-order valence-electron chi connectivity index (χ3n) is 23.5. The van der Waals surface area contributed by atoms with Crippen LogP contribution in [0, 0.1) is 11.3 Å². The lowest BCUT2D eigenvalue weighted by Crippen LogP contribution is -2.61. The van der Waals surface area contributed by atoms with Gasteiger partial charge in [0.25, 0.3) is 0 Å². The molecule has 2 saturated heterocycles. The predicted molar refractivity (Wildman–Crippen MR) is 499 cm³/mol. The predicted octanol–water partition coefficient (Wildman–Crippen LogP) is -5.64. The van der Waals surface area contributed by atoms with E-state index in [1.807, 2.05) is 0 Å². The molecule has 3 aromatic carbocycles. The van der Waals surface area contributed by atoms with Gasteiger partial charge in [-0.1, -0.05) is 68.5 Å². The molecule has 16 atom stereocenters. The Morgan fingerprint density at radius 3 is 1.34 bits per heavy atom. The van der Waals surface area contributed by atoms with Crippen LogP contribution in [-0.4, -0.2) is 299 Å². The molecule has 1 aromatic heterocycles. The van der Waals surface area contributed by atoms with Crippen molar-refractivity contribution in [2.24, 2.45) is 34.6 Å². The lowest BCUT2D eigenvalue weighted by Gasteiger charge is -2.32. The molecule has 2 aliphatic heterocycles. The molecule has 7 rings (SSSR count). The first kappa shape index (κ1) is 110. The SMILES string of the molecule is C[C@H](NC(=O)[C@H](Cc1cnc[nH]1)NC(=O)[C@@H](N)Cc1ccc(O)cc1)C(=O)N[C@@H](CS)C(=O)N[C@@H](CO)C(=O)N[C@@H](C)C(=O)N1CCC[C@H]1C(=O)N[C@@H](CCN)C(=O)N[C@@H](CCCNC(=N)N)C(=O)N[C@@H](Cc1ccc(O)cc1)C(=O)N[C@@H](CS)C(=O)N[C@@H](Cc1ccc(O)cc1)C(=O)N[C@@H](CCC(N)=O)C(=O)N[C@@H](CCCCN)C(=O)N[C@@H](CC1CCCCC1)C(=O)N1CCC[C@H]1C(=O)O. The zero-order chi connectivity index (χ0) is 99.8. The molecule has 0 unspecified atom stereocenters. The van der Waals surface area contributed by atoms with E-state index in [0.29, 0.717) is 35.2 Å². The number of nitrogens with one attached hydrogen (secondary N) is 16. The molecule has 3 aliphatic rings. The maximum absolute atomic E-state index is 14.9. The van der Waals surface area contributed by atoms with Crippen molar-refractivity contribution >= 4 is 132 Å². The number of unbranched alkanes of at least 4 members (excludes halogenated alkanes) is 1. The molecule has 0 radical (unpaired) electrons. The number of H-pyrrole nitrogens is 1. The lowest BCUT2D eigenvalue weighted by atomic mass is 9.84. The highest BCUT2D eigenvalue weighted by atomic mass is 32.1. The first-order valence-electron chi connectivity index (χ1n) is 45.3. The van der Waals surface area contributed by atoms with Gasteiger partial charge in [0.15, 0.2) is 5.96 Å². The number of likely N-dealkylation sites (tertiary alicyclic amines) is 2. The Kier molecular flexibility index (Phi) is 45.2. The molecule has 4 aromatic rings. The van der Waals surface area contributed by atoms with E-state index in [-0.39, 0.29) is 145 Å². The third kappa shape index (κ3) is 35.4. The number of carbonyl (C=O) groups is 17. The van der Waals surface area contributed by atoms with Crippen molar-refractivity contribution < 1.29 is 107 Å². The van der Waals surface area contributed by atoms with Gasteiger partial charge < -0.3 is 143 Å². The van der Waals surface area contributed by atoms with Crippen molar-refractivity contribution in [2.45, 2.75) is 252 Å². The third-order valence-corrected chi connectivity index (χ3v) is 24.2. The number of thiol groups is 2. The number of aliphatic hydroxyl groups excluding tert-OH is 1. The topological polar surface area (TPSA) is 749 Å². The average molecular weight is 1940 g/mol. The van der Waals surface area contributed by atoms with Crippen LogP contribution in [0.3, 0.4) is 0 Å². The minimum absolute atomic E-state index is 0.000816. The number of carboxylic acids is 1. The molecular weight excluding hydrogens is 1810 g/mol. The second kappa shape index (κ2) is 55.8. The summed E-state index contributed by atoms with van der Waals surface area (Å²) in [6, 6.07) is -6.48. The molecule has 3 heterocycles. The van der Waals surface area contributed by atoms with Gasteiger partial charge in [0.2, 0.25) is 94.5 Å². The summed E-state index contributed by atoms with van der Waals surface area (Å²) in [5.74, 6) is -17.7. The minimum Gasteiger partial charge on any atom is -0.508 e. The first-order valence-corrected chi connectivity index (χ1v) is 46.5. The van der Waals surface area contributed by atoms with Crippen LogP contribution in [0.4, 0.5) is 0 Å². The number of guanidine groups is 1. The average Bonchev–Trinajstić information content (AvgIpc) is 1.70. The maximum atomic E-state index is 14.9. The van der Waals surface area contributed by atoms with Gasteiger partial charge in [0.05, 0.1) is 19.0 Å². The van der Waals surface area contributed by atoms with Crippen LogP contribution in [0.5, 0.6) is 17.2 Å². The number of phenols is 3. The van der Waals surface area contributed by atoms with Crippen LogP contribution in [0.2, 0.25) is 0 Å². The number of hydrogen-bond acceptors (Lipinski definition) is 28. The van der Waals surface area contributed by atoms with Crippen molar-refractivity contribution in [1.82, 2.24) is 94.2 Å². The second-order valence-corrected chi connectivity index (χ2v) is 34.7. The highest BCUT2D eigenvalue weighted by molar-refractivity contribution is 7.80. The van der Waals surface area contributed by atoms with Crippen molar-refractivity contribution in [2.75, 3.05) is 50.8 Å². The Balaban J connectivity index is 1.02. The Labute approximate surface area is 796 Å². The molecule has 136 heavy (non-hydrogen) atoms. The van der Waals surface area contributed by atoms with Crippen LogP contribution in [0.1, 0.15) is 152 Å². The molecule has 0 bridgehead atoms. The van der Waals surface area contributed by atoms with Crippen LogP contribution >= 0.6 is 25.3 Å². The summed E-state index contributed by atoms with van der Waals surface area (Å²) >= 11 is 8.59. The van der Waals surface area contributed by atoms with Crippen LogP contribution in [0.15, 0.2) is 85.3 Å². The van der Waals surface area contributed by atoms with E-state index in [2.05, 4.69) is 110 Å². The maximum Gasteiger partial charge on any atom is 0.326 e. The van der Waals surface area contributed by atoms with Gasteiger partial charge in [-0.3, -0.25) is 82.1 Å². The Morgan fingerprint density at radius 1 is 0.449 bits per heavy atom. The van der Waals surface area contributed by atoms with E-state index in [0.717, 1.165) is 37.0 Å². The van der Waals surface area contributed by atoms with Gasteiger partial charge in [-0.15, -0.1) is 0 Å². The zero-order valence-corrected chi connectivity index (χ0v) is 77.7. The number of nitrogens with zero attached hydrogens (tertiary/aromatic N) is 3. The number of rotatable bonds is 55. The number of aromatic hydroxyl groups is 3. The fraction of sp³-hybridized carbons (Fsp3) is 0.557. The minimum atomic E-state index is -1.76. The van der Waals surface area contributed by atoms with Gasteiger partial charge >= 0.3 is 5.97 Å². The molecule has 16 amide bonds. The molecule has 46 nitrogen and oxygen atoms in total. The number of phenolic OH excluding ortho intramolecular Hbond substituents is 3. The number of amides is 16. The first-order chi connectivity index (χ1) is 64.8. The smallest absolute Gasteiger partial charge is 0.326 e. The molecular formula is C88H130N24O22S2. The van der Waals surface area contributed by atoms with Crippen molar-refractivity contribution in [3.05, 3.63) is 108 Å². The van der Waals surface area contributed by atoms with Gasteiger partial charge in [-0.05, 0) is 169 Å². The number of carbonyl (C=O) groups excluding carboxylic acids is 16. The van der Waals surface area contributed by atoms with E-state index >= 15 is 0 Å². The van der Waals surface area contributed by atoms with E-state index in [1.54, 1.807) is 12.1 Å². The van der Waals surface area contributed by atoms with E-state index < -0.39 is 228 Å². The van der Waals surface area contributed by atoms with Crippen molar-refractivity contribution in [1.29, 1.82) is 5.41 Å². The molecule has 48 heteroatoms. The number of carboxylic acid groups (broad SMARTS) is 1. The monoisotopic (exact) mass is 1940 g/mol. The summed E-state index contributed by atoms with van der Waals surface area (Å²) in [4.78, 5) is 249. The zero-order valence-electron chi connectivity index (χ0n) is 75.9. The number of nitrogens with two attached hydrogens (primary N) is 5. The van der Waals surface area contributed by atoms with Crippen LogP contribution in [-0.2, 0) is 107 Å². The fourth-order valence-electron chi connectivity index (χ4n) is 15.9. The Bertz CT molecular complexity index is 4730. The summed E-state index contributed by atoms with van der Waals surface area (Å²) in [7, 11) is 0. The number of benzene rings is 3. The van der Waals surface area contributed by atoms with Gasteiger partial charge in [-0.2, -0.15) is 25.3 Å². The largest absolute Gasteiger partial charge is 0.508 e. The van der Waals surface area contributed by atoms with Gasteiger partial charge in [0.1, 0.15) is 108 Å². The van der Waals surface area contributed by atoms with E-state index in [4.69, 9.17) is 34.1 Å². The van der Waals surface area contributed by atoms with Gasteiger partial charge in [0, 0.05) is 68.7 Å². The summed E-state index contributed by atoms with van der Waals surface area (Å²) in [5, 5.41) is 94.3. The van der Waals surface area contributed by atoms with Crippen molar-refractivity contribution in [3.8, 4) is 17.2 Å². The second-order valence-electron chi connectivity index (χ2n) is 34.0. The number of hydrogen-bond donors (Lipinski definition) is 28. The van der Waals surface area contributed by atoms with Crippen molar-refractivity contribution in [3.63, 3.8) is 0 Å². The highest BCUT2D eigenvalue weighted by Crippen LogP contribution is 2.30. The quantitative estimate of drug-likeness (QED) is 0.00848. The summed E-state index contributed by atoms with van der Waals surface area (Å²) < 4.78 is 0. The molecule has 1 aliphatic carbocycles. The van der Waals surface area contributed by atoms with Gasteiger partial charge in [-0.25, -0.2) is 9.78 Å². The van der Waals surface area contributed by atoms with Crippen LogP contribution < -0.4 is 103 Å². The molecule has 1 saturated carbocycles. The normalized spacial score (nSPS) is 17.3. The number of aromatic nitrogens is 2. The summed E-state index contributed by atoms with van der Waals surface area (Å²) in [6.07, 6.45) is 6.47. The van der Waals surface area contributed by atoms with Crippen LogP contribution in [0.25, 0.3) is 0 Å². The number of imidazole rings is 1. The van der Waals surface area contributed by atoms with E-state index in [1.165, 1.54) is 91.9 Å². The summed E-state index contributed by atoms with van der Waals surface area (Å²) in [5.41, 5.74) is 30.9. The molecule has 3 fully saturated rings. The lowest BCUT2D eigenvalue weighted by molar-refractivity contribution is -0.149.